The summed E-state index contributed by atoms with van der Waals surface area (Å²) in [5, 5.41) is 19.2. The van der Waals surface area contributed by atoms with Crippen molar-refractivity contribution in [2.45, 2.75) is 25.4 Å². The topological polar surface area (TPSA) is 90.5 Å². The zero-order valence-electron chi connectivity index (χ0n) is 11.7. The van der Waals surface area contributed by atoms with Gasteiger partial charge in [-0.05, 0) is 37.1 Å². The maximum atomic E-state index is 11.6. The van der Waals surface area contributed by atoms with Gasteiger partial charge in [0.05, 0.1) is 17.5 Å². The molecule has 0 aliphatic carbocycles. The zero-order valence-corrected chi connectivity index (χ0v) is 11.7. The molecule has 0 aromatic heterocycles. The Morgan fingerprint density at radius 1 is 1.14 bits per heavy atom. The number of piperidine rings is 1. The van der Waals surface area contributed by atoms with Gasteiger partial charge in [0.1, 0.15) is 6.42 Å². The van der Waals surface area contributed by atoms with Gasteiger partial charge < -0.3 is 21.1 Å². The highest BCUT2D eigenvalue weighted by atomic mass is 16.3. The van der Waals surface area contributed by atoms with E-state index in [4.69, 9.17) is 0 Å². The summed E-state index contributed by atoms with van der Waals surface area (Å²) in [5.74, 6) is -0.485. The molecule has 0 bridgehead atoms. The number of nitrogens with one attached hydrogen (secondary N) is 3. The highest BCUT2D eigenvalue weighted by Gasteiger charge is 2.25. The third-order valence-corrected chi connectivity index (χ3v) is 4.04. The van der Waals surface area contributed by atoms with Gasteiger partial charge in [-0.2, -0.15) is 0 Å². The smallest absolute Gasteiger partial charge is 0.233 e. The fraction of sp³-hybridized carbons (Fsp3) is 0.467. The molecule has 112 valence electrons. The summed E-state index contributed by atoms with van der Waals surface area (Å²) in [7, 11) is 0. The third-order valence-electron chi connectivity index (χ3n) is 4.04. The number of aliphatic hydroxyl groups is 1. The predicted molar refractivity (Wildman–Crippen MR) is 78.9 cm³/mol. The Hall–Kier alpha value is -1.92. The van der Waals surface area contributed by atoms with Crippen LogP contribution in [0.5, 0.6) is 0 Å². The summed E-state index contributed by atoms with van der Waals surface area (Å²) in [4.78, 5) is 23.1. The number of hydrogen-bond donors (Lipinski definition) is 4. The normalized spacial score (nSPS) is 23.6. The molecule has 3 rings (SSSR count). The van der Waals surface area contributed by atoms with Crippen LogP contribution in [0.4, 0.5) is 11.4 Å². The first kappa shape index (κ1) is 14.0. The molecule has 0 spiro atoms. The van der Waals surface area contributed by atoms with Crippen molar-refractivity contribution in [1.82, 2.24) is 5.32 Å². The summed E-state index contributed by atoms with van der Waals surface area (Å²) in [6.45, 7) is 1.79. The predicted octanol–water partition coefficient (Wildman–Crippen LogP) is 1.00. The van der Waals surface area contributed by atoms with E-state index in [1.165, 1.54) is 0 Å². The number of fused-ring (bicyclic) bond motifs is 1. The van der Waals surface area contributed by atoms with Gasteiger partial charge in [-0.1, -0.05) is 6.07 Å². The van der Waals surface area contributed by atoms with Crippen LogP contribution in [0.3, 0.4) is 0 Å². The summed E-state index contributed by atoms with van der Waals surface area (Å²) < 4.78 is 0. The zero-order chi connectivity index (χ0) is 14.8. The van der Waals surface area contributed by atoms with Crippen LogP contribution >= 0.6 is 0 Å². The molecular weight excluding hydrogens is 270 g/mol. The molecule has 2 aliphatic heterocycles. The first-order valence-electron chi connectivity index (χ1n) is 7.26. The highest BCUT2D eigenvalue weighted by molar-refractivity contribution is 6.13. The van der Waals surface area contributed by atoms with E-state index in [1.54, 1.807) is 18.2 Å². The molecule has 0 radical (unpaired) electrons. The lowest BCUT2D eigenvalue weighted by Crippen LogP contribution is -2.33. The average Bonchev–Trinajstić information content (AvgIpc) is 2.63. The van der Waals surface area contributed by atoms with Gasteiger partial charge in [0.2, 0.25) is 11.8 Å². The Kier molecular flexibility index (Phi) is 3.90. The molecule has 2 atom stereocenters. The van der Waals surface area contributed by atoms with Crippen molar-refractivity contribution < 1.29 is 14.7 Å². The van der Waals surface area contributed by atoms with Crippen molar-refractivity contribution in [3.8, 4) is 0 Å². The van der Waals surface area contributed by atoms with Crippen molar-refractivity contribution in [2.24, 2.45) is 5.92 Å². The van der Waals surface area contributed by atoms with Crippen molar-refractivity contribution in [1.29, 1.82) is 0 Å². The van der Waals surface area contributed by atoms with E-state index < -0.39 is 6.10 Å². The van der Waals surface area contributed by atoms with E-state index >= 15 is 0 Å². The SMILES string of the molecule is O=C1CC(=O)Nc2cc(C(O)C3CCCNC3)ccc2N1. The Labute approximate surface area is 122 Å². The van der Waals surface area contributed by atoms with Crippen molar-refractivity contribution in [2.75, 3.05) is 23.7 Å². The lowest BCUT2D eigenvalue weighted by atomic mass is 9.89. The molecule has 2 unspecified atom stereocenters. The second kappa shape index (κ2) is 5.83. The number of carbonyl (C=O) groups excluding carboxylic acids is 2. The highest BCUT2D eigenvalue weighted by Crippen LogP contribution is 2.32. The van der Waals surface area contributed by atoms with Gasteiger partial charge in [0.25, 0.3) is 0 Å². The molecule has 2 aliphatic rings. The summed E-state index contributed by atoms with van der Waals surface area (Å²) >= 11 is 0. The molecular formula is C15H19N3O3. The van der Waals surface area contributed by atoms with Crippen LogP contribution in [0.1, 0.15) is 30.9 Å². The van der Waals surface area contributed by atoms with E-state index in [-0.39, 0.29) is 24.2 Å². The Bertz CT molecular complexity index is 567. The molecule has 6 heteroatoms. The van der Waals surface area contributed by atoms with Gasteiger partial charge in [-0.25, -0.2) is 0 Å². The van der Waals surface area contributed by atoms with Crippen LogP contribution in [0.25, 0.3) is 0 Å². The average molecular weight is 289 g/mol. The van der Waals surface area contributed by atoms with Crippen LogP contribution in [-0.2, 0) is 9.59 Å². The van der Waals surface area contributed by atoms with E-state index in [9.17, 15) is 14.7 Å². The third kappa shape index (κ3) is 3.06. The van der Waals surface area contributed by atoms with E-state index in [0.29, 0.717) is 11.4 Å². The van der Waals surface area contributed by atoms with E-state index in [0.717, 1.165) is 31.5 Å². The van der Waals surface area contributed by atoms with Gasteiger partial charge in [0, 0.05) is 12.5 Å². The summed E-state index contributed by atoms with van der Waals surface area (Å²) in [5.41, 5.74) is 1.88. The minimum Gasteiger partial charge on any atom is -0.388 e. The molecule has 4 N–H and O–H groups in total. The van der Waals surface area contributed by atoms with Crippen molar-refractivity contribution in [3.63, 3.8) is 0 Å². The quantitative estimate of drug-likeness (QED) is 0.611. The molecule has 1 saturated heterocycles. The maximum Gasteiger partial charge on any atom is 0.233 e. The summed E-state index contributed by atoms with van der Waals surface area (Å²) in [6.07, 6.45) is 1.28. The first-order valence-corrected chi connectivity index (χ1v) is 7.26. The number of aliphatic hydroxyl groups excluding tert-OH is 1. The van der Waals surface area contributed by atoms with Gasteiger partial charge in [0.15, 0.2) is 0 Å². The van der Waals surface area contributed by atoms with Gasteiger partial charge in [-0.15, -0.1) is 0 Å². The van der Waals surface area contributed by atoms with Gasteiger partial charge in [-0.3, -0.25) is 9.59 Å². The van der Waals surface area contributed by atoms with Crippen LogP contribution < -0.4 is 16.0 Å². The number of amides is 2. The van der Waals surface area contributed by atoms with Crippen LogP contribution in [0.15, 0.2) is 18.2 Å². The lowest BCUT2D eigenvalue weighted by molar-refractivity contribution is -0.123. The molecule has 1 fully saturated rings. The molecule has 2 heterocycles. The second-order valence-corrected chi connectivity index (χ2v) is 5.63. The number of benzene rings is 1. The van der Waals surface area contributed by atoms with Crippen LogP contribution in [0, 0.1) is 5.92 Å². The Balaban J connectivity index is 1.84. The number of anilines is 2. The second-order valence-electron chi connectivity index (χ2n) is 5.63. The Morgan fingerprint density at radius 3 is 2.62 bits per heavy atom. The number of rotatable bonds is 2. The van der Waals surface area contributed by atoms with Gasteiger partial charge >= 0.3 is 0 Å². The standard InChI is InChI=1S/C15H19N3O3/c19-13-7-14(20)18-12-6-9(3-4-11(12)17-13)15(21)10-2-1-5-16-8-10/h3-4,6,10,15-16,21H,1-2,5,7-8H2,(H,17,19)(H,18,20). The number of hydrogen-bond acceptors (Lipinski definition) is 4. The summed E-state index contributed by atoms with van der Waals surface area (Å²) in [6, 6.07) is 5.28. The molecule has 6 nitrogen and oxygen atoms in total. The monoisotopic (exact) mass is 289 g/mol. The van der Waals surface area contributed by atoms with Crippen LogP contribution in [-0.4, -0.2) is 30.0 Å². The molecule has 21 heavy (non-hydrogen) atoms. The van der Waals surface area contributed by atoms with E-state index in [1.807, 2.05) is 0 Å². The van der Waals surface area contributed by atoms with Crippen molar-refractivity contribution in [3.05, 3.63) is 23.8 Å². The van der Waals surface area contributed by atoms with Crippen LogP contribution in [0.2, 0.25) is 0 Å². The molecule has 1 aromatic carbocycles. The van der Waals surface area contributed by atoms with E-state index in [2.05, 4.69) is 16.0 Å². The Morgan fingerprint density at radius 2 is 1.90 bits per heavy atom. The lowest BCUT2D eigenvalue weighted by Gasteiger charge is -2.28. The minimum absolute atomic E-state index is 0.174. The largest absolute Gasteiger partial charge is 0.388 e. The minimum atomic E-state index is -0.570. The number of carbonyl (C=O) groups is 2. The van der Waals surface area contributed by atoms with Crippen molar-refractivity contribution >= 4 is 23.2 Å². The fourth-order valence-electron chi connectivity index (χ4n) is 2.91. The molecule has 2 amide bonds. The maximum absolute atomic E-state index is 11.6. The fourth-order valence-corrected chi connectivity index (χ4v) is 2.91. The first-order chi connectivity index (χ1) is 10.1. The molecule has 1 aromatic rings. The molecule has 0 saturated carbocycles.